The Balaban J connectivity index is 1.72. The van der Waals surface area contributed by atoms with Crippen LogP contribution in [0.2, 0.25) is 0 Å². The van der Waals surface area contributed by atoms with Crippen LogP contribution in [0.15, 0.2) is 96.5 Å². The van der Waals surface area contributed by atoms with Crippen LogP contribution in [-0.2, 0) is 22.6 Å². The van der Waals surface area contributed by atoms with E-state index in [0.29, 0.717) is 0 Å². The van der Waals surface area contributed by atoms with Gasteiger partial charge in [-0.15, -0.1) is 0 Å². The number of aromatic nitrogens is 1. The Morgan fingerprint density at radius 2 is 1.78 bits per heavy atom. The summed E-state index contributed by atoms with van der Waals surface area (Å²) in [7, 11) is 0. The molecular formula is C27H24N2O3. The van der Waals surface area contributed by atoms with Gasteiger partial charge in [0.1, 0.15) is 0 Å². The van der Waals surface area contributed by atoms with Crippen LogP contribution in [0.4, 0.5) is 0 Å². The molecule has 32 heavy (non-hydrogen) atoms. The number of nitrogens with zero attached hydrogens (tertiary/aromatic N) is 2. The van der Waals surface area contributed by atoms with E-state index in [4.69, 9.17) is 0 Å². The average molecular weight is 425 g/mol. The molecule has 2 aromatic carbocycles. The Morgan fingerprint density at radius 3 is 2.44 bits per heavy atom. The summed E-state index contributed by atoms with van der Waals surface area (Å²) in [5, 5.41) is 10.7. The van der Waals surface area contributed by atoms with Crippen molar-refractivity contribution in [2.24, 2.45) is 0 Å². The third-order valence-corrected chi connectivity index (χ3v) is 5.58. The van der Waals surface area contributed by atoms with E-state index in [1.54, 1.807) is 24.5 Å². The van der Waals surface area contributed by atoms with Crippen molar-refractivity contribution in [1.82, 2.24) is 9.88 Å². The SMILES string of the molecule is CCc1ccc(C2C(C(=O)C=Cc3ccccc3)=C(O)C(=O)N2Cc2cccnc2)cc1. The van der Waals surface area contributed by atoms with Crippen LogP contribution in [0.25, 0.3) is 6.08 Å². The van der Waals surface area contributed by atoms with Crippen molar-refractivity contribution >= 4 is 17.8 Å². The molecule has 3 aromatic rings. The van der Waals surface area contributed by atoms with Crippen molar-refractivity contribution in [3.8, 4) is 0 Å². The first-order chi connectivity index (χ1) is 15.6. The quantitative estimate of drug-likeness (QED) is 0.552. The van der Waals surface area contributed by atoms with E-state index in [0.717, 1.165) is 28.7 Å². The molecule has 1 aliphatic heterocycles. The van der Waals surface area contributed by atoms with Gasteiger partial charge in [0.25, 0.3) is 5.91 Å². The second-order valence-corrected chi connectivity index (χ2v) is 7.66. The lowest BCUT2D eigenvalue weighted by molar-refractivity contribution is -0.130. The van der Waals surface area contributed by atoms with Crippen molar-refractivity contribution in [2.45, 2.75) is 25.9 Å². The molecule has 0 radical (unpaired) electrons. The van der Waals surface area contributed by atoms with E-state index >= 15 is 0 Å². The van der Waals surface area contributed by atoms with Crippen molar-refractivity contribution in [3.05, 3.63) is 119 Å². The van der Waals surface area contributed by atoms with Crippen molar-refractivity contribution in [2.75, 3.05) is 0 Å². The second kappa shape index (κ2) is 9.43. The largest absolute Gasteiger partial charge is 0.503 e. The number of carbonyl (C=O) groups is 2. The Bertz CT molecular complexity index is 1170. The van der Waals surface area contributed by atoms with E-state index < -0.39 is 23.5 Å². The van der Waals surface area contributed by atoms with Crippen molar-refractivity contribution in [1.29, 1.82) is 0 Å². The number of rotatable bonds is 7. The highest BCUT2D eigenvalue weighted by Gasteiger charge is 2.42. The van der Waals surface area contributed by atoms with Crippen LogP contribution in [0.1, 0.15) is 35.2 Å². The fraction of sp³-hybridized carbons (Fsp3) is 0.148. The predicted octanol–water partition coefficient (Wildman–Crippen LogP) is 4.82. The number of pyridine rings is 1. The molecule has 0 fully saturated rings. The molecule has 0 saturated heterocycles. The number of ketones is 1. The van der Waals surface area contributed by atoms with E-state index in [2.05, 4.69) is 11.9 Å². The lowest BCUT2D eigenvalue weighted by atomic mass is 9.94. The van der Waals surface area contributed by atoms with Gasteiger partial charge in [0.2, 0.25) is 0 Å². The third-order valence-electron chi connectivity index (χ3n) is 5.58. The maximum Gasteiger partial charge on any atom is 0.290 e. The summed E-state index contributed by atoms with van der Waals surface area (Å²) in [6.07, 6.45) is 7.32. The minimum absolute atomic E-state index is 0.0929. The van der Waals surface area contributed by atoms with Crippen LogP contribution in [0.5, 0.6) is 0 Å². The number of aliphatic hydroxyl groups excluding tert-OH is 1. The number of carbonyl (C=O) groups excluding carboxylic acids is 2. The van der Waals surface area contributed by atoms with Crippen LogP contribution in [0.3, 0.4) is 0 Å². The maximum absolute atomic E-state index is 13.2. The third kappa shape index (κ3) is 4.37. The topological polar surface area (TPSA) is 70.5 Å². The van der Waals surface area contributed by atoms with E-state index in [1.807, 2.05) is 60.7 Å². The van der Waals surface area contributed by atoms with Crippen LogP contribution >= 0.6 is 0 Å². The van der Waals surface area contributed by atoms with Gasteiger partial charge in [0.15, 0.2) is 11.5 Å². The number of hydrogen-bond donors (Lipinski definition) is 1. The Morgan fingerprint density at radius 1 is 1.03 bits per heavy atom. The van der Waals surface area contributed by atoms with E-state index in [9.17, 15) is 14.7 Å². The van der Waals surface area contributed by atoms with Gasteiger partial charge in [0, 0.05) is 18.9 Å². The number of amides is 1. The smallest absolute Gasteiger partial charge is 0.290 e. The number of aliphatic hydroxyl groups is 1. The Labute approximate surface area is 187 Å². The molecule has 4 rings (SSSR count). The highest BCUT2D eigenvalue weighted by molar-refractivity contribution is 6.14. The molecule has 1 atom stereocenters. The minimum Gasteiger partial charge on any atom is -0.503 e. The molecule has 5 nitrogen and oxygen atoms in total. The first-order valence-electron chi connectivity index (χ1n) is 10.6. The Kier molecular flexibility index (Phi) is 6.26. The molecule has 1 N–H and O–H groups in total. The highest BCUT2D eigenvalue weighted by Crippen LogP contribution is 2.39. The molecule has 1 unspecified atom stereocenters. The lowest BCUT2D eigenvalue weighted by Gasteiger charge is -2.26. The van der Waals surface area contributed by atoms with Gasteiger partial charge in [-0.25, -0.2) is 0 Å². The van der Waals surface area contributed by atoms with E-state index in [1.165, 1.54) is 11.0 Å². The molecule has 0 spiro atoms. The molecule has 1 amide bonds. The summed E-state index contributed by atoms with van der Waals surface area (Å²) in [5.41, 5.74) is 3.70. The first kappa shape index (κ1) is 21.2. The molecule has 160 valence electrons. The van der Waals surface area contributed by atoms with Crippen LogP contribution < -0.4 is 0 Å². The second-order valence-electron chi connectivity index (χ2n) is 7.66. The molecule has 2 heterocycles. The summed E-state index contributed by atoms with van der Waals surface area (Å²) in [5.74, 6) is -1.45. The number of aryl methyl sites for hydroxylation is 1. The van der Waals surface area contributed by atoms with Crippen LogP contribution in [-0.4, -0.2) is 26.7 Å². The summed E-state index contributed by atoms with van der Waals surface area (Å²) >= 11 is 0. The van der Waals surface area contributed by atoms with Crippen molar-refractivity contribution < 1.29 is 14.7 Å². The van der Waals surface area contributed by atoms with Gasteiger partial charge in [0.05, 0.1) is 11.6 Å². The molecule has 0 aliphatic carbocycles. The number of benzene rings is 2. The molecule has 0 saturated carbocycles. The Hall–Kier alpha value is -3.99. The van der Waals surface area contributed by atoms with Crippen molar-refractivity contribution in [3.63, 3.8) is 0 Å². The summed E-state index contributed by atoms with van der Waals surface area (Å²) in [4.78, 5) is 31.9. The highest BCUT2D eigenvalue weighted by atomic mass is 16.3. The van der Waals surface area contributed by atoms with Gasteiger partial charge < -0.3 is 10.0 Å². The van der Waals surface area contributed by atoms with E-state index in [-0.39, 0.29) is 12.1 Å². The van der Waals surface area contributed by atoms with Gasteiger partial charge in [-0.05, 0) is 40.8 Å². The standard InChI is InChI=1S/C27H24N2O3/c1-2-19-10-13-22(14-11-19)25-24(23(30)15-12-20-7-4-3-5-8-20)26(31)27(32)29(25)18-21-9-6-16-28-17-21/h3-17,25,31H,2,18H2,1H3. The summed E-state index contributed by atoms with van der Waals surface area (Å²) < 4.78 is 0. The fourth-order valence-corrected chi connectivity index (χ4v) is 3.86. The number of hydrogen-bond acceptors (Lipinski definition) is 4. The normalized spacial score (nSPS) is 16.2. The summed E-state index contributed by atoms with van der Waals surface area (Å²) in [6, 6.07) is 20.2. The predicted molar refractivity (Wildman–Crippen MR) is 123 cm³/mol. The summed E-state index contributed by atoms with van der Waals surface area (Å²) in [6.45, 7) is 2.30. The maximum atomic E-state index is 13.2. The molecule has 5 heteroatoms. The minimum atomic E-state index is -0.679. The zero-order chi connectivity index (χ0) is 22.5. The average Bonchev–Trinajstić information content (AvgIpc) is 3.09. The zero-order valence-electron chi connectivity index (χ0n) is 17.8. The molecule has 1 aliphatic rings. The lowest BCUT2D eigenvalue weighted by Crippen LogP contribution is -2.30. The van der Waals surface area contributed by atoms with Gasteiger partial charge in [-0.3, -0.25) is 14.6 Å². The first-order valence-corrected chi connectivity index (χ1v) is 10.6. The molecule has 0 bridgehead atoms. The molecular weight excluding hydrogens is 400 g/mol. The molecule has 1 aromatic heterocycles. The monoisotopic (exact) mass is 424 g/mol. The fourth-order valence-electron chi connectivity index (χ4n) is 3.86. The van der Waals surface area contributed by atoms with Gasteiger partial charge in [-0.2, -0.15) is 0 Å². The number of allylic oxidation sites excluding steroid dienone is 1. The van der Waals surface area contributed by atoms with Crippen LogP contribution in [0, 0.1) is 0 Å². The van der Waals surface area contributed by atoms with Gasteiger partial charge >= 0.3 is 0 Å². The zero-order valence-corrected chi connectivity index (χ0v) is 17.8. The van der Waals surface area contributed by atoms with Gasteiger partial charge in [-0.1, -0.05) is 73.7 Å².